The minimum absolute atomic E-state index is 0.0130. The summed E-state index contributed by atoms with van der Waals surface area (Å²) in [5.74, 6) is 0.437. The molecule has 0 aliphatic carbocycles. The minimum atomic E-state index is -0.188. The average Bonchev–Trinajstić information content (AvgIpc) is 2.70. The van der Waals surface area contributed by atoms with Gasteiger partial charge in [-0.1, -0.05) is 19.9 Å². The Kier molecular flexibility index (Phi) is 6.83. The fourth-order valence-electron chi connectivity index (χ4n) is 3.14. The number of ether oxygens (including phenoxy) is 1. The summed E-state index contributed by atoms with van der Waals surface area (Å²) in [4.78, 5) is 39.3. The van der Waals surface area contributed by atoms with E-state index in [9.17, 15) is 9.59 Å². The number of rotatable bonds is 8. The zero-order chi connectivity index (χ0) is 21.7. The number of aromatic amines is 1. The number of likely N-dealkylation sites (tertiary alicyclic amines) is 1. The summed E-state index contributed by atoms with van der Waals surface area (Å²) in [5, 5.41) is 3.24. The van der Waals surface area contributed by atoms with Crippen LogP contribution in [0.5, 0.6) is 5.88 Å². The second-order valence-corrected chi connectivity index (χ2v) is 7.52. The molecule has 9 nitrogen and oxygen atoms in total. The van der Waals surface area contributed by atoms with Gasteiger partial charge in [-0.2, -0.15) is 0 Å². The zero-order valence-electron chi connectivity index (χ0n) is 17.8. The Labute approximate surface area is 175 Å². The number of nitrogens with zero attached hydrogens (tertiary/aromatic N) is 4. The maximum atomic E-state index is 12.4. The summed E-state index contributed by atoms with van der Waals surface area (Å²) in [7, 11) is 3.40. The fraction of sp³-hybridized carbons (Fsp3) is 0.429. The zero-order valence-corrected chi connectivity index (χ0v) is 17.8. The SMILES string of the molecule is COc1cc(-c2c[nH]c(=O)c(N(C)C3CN(C(=O)C=CCNC(C)C)C3)c2)ncn1. The molecule has 0 saturated carbocycles. The molecule has 0 radical (unpaired) electrons. The lowest BCUT2D eigenvalue weighted by Gasteiger charge is -2.44. The van der Waals surface area contributed by atoms with Crippen molar-refractivity contribution in [2.75, 3.05) is 38.7 Å². The number of anilines is 1. The lowest BCUT2D eigenvalue weighted by atomic mass is 10.1. The second-order valence-electron chi connectivity index (χ2n) is 7.52. The molecule has 0 atom stereocenters. The molecule has 2 N–H and O–H groups in total. The summed E-state index contributed by atoms with van der Waals surface area (Å²) in [6, 6.07) is 3.96. The lowest BCUT2D eigenvalue weighted by molar-refractivity contribution is -0.130. The van der Waals surface area contributed by atoms with Gasteiger partial charge in [-0.15, -0.1) is 0 Å². The molecule has 0 unspecified atom stereocenters. The van der Waals surface area contributed by atoms with Crippen LogP contribution in [0.15, 0.2) is 41.6 Å². The van der Waals surface area contributed by atoms with Gasteiger partial charge >= 0.3 is 0 Å². The summed E-state index contributed by atoms with van der Waals surface area (Å²) in [6.45, 7) is 5.92. The third-order valence-corrected chi connectivity index (χ3v) is 5.04. The normalized spacial score (nSPS) is 14.2. The van der Waals surface area contributed by atoms with Crippen LogP contribution in [-0.4, -0.2) is 71.6 Å². The van der Waals surface area contributed by atoms with Crippen molar-refractivity contribution >= 4 is 11.6 Å². The Hall–Kier alpha value is -3.20. The highest BCUT2D eigenvalue weighted by Gasteiger charge is 2.33. The van der Waals surface area contributed by atoms with E-state index in [1.54, 1.807) is 29.3 Å². The number of pyridine rings is 1. The molecule has 1 saturated heterocycles. The van der Waals surface area contributed by atoms with E-state index in [1.165, 1.54) is 13.4 Å². The molecule has 0 spiro atoms. The fourth-order valence-corrected chi connectivity index (χ4v) is 3.14. The molecule has 2 aromatic rings. The topological polar surface area (TPSA) is 103 Å². The molecule has 160 valence electrons. The van der Waals surface area contributed by atoms with Crippen molar-refractivity contribution in [3.05, 3.63) is 47.2 Å². The van der Waals surface area contributed by atoms with Crippen LogP contribution in [0.1, 0.15) is 13.8 Å². The predicted molar refractivity (Wildman–Crippen MR) is 116 cm³/mol. The number of aromatic nitrogens is 3. The number of methoxy groups -OCH3 is 1. The van der Waals surface area contributed by atoms with Gasteiger partial charge in [-0.3, -0.25) is 9.59 Å². The van der Waals surface area contributed by atoms with Crippen LogP contribution in [0.2, 0.25) is 0 Å². The van der Waals surface area contributed by atoms with E-state index < -0.39 is 0 Å². The van der Waals surface area contributed by atoms with Crippen molar-refractivity contribution in [2.45, 2.75) is 25.9 Å². The van der Waals surface area contributed by atoms with Crippen LogP contribution in [0, 0.1) is 0 Å². The van der Waals surface area contributed by atoms with Gasteiger partial charge in [0, 0.05) is 56.6 Å². The Morgan fingerprint density at radius 1 is 1.40 bits per heavy atom. The molecule has 3 heterocycles. The maximum absolute atomic E-state index is 12.4. The molecular formula is C21H28N6O3. The van der Waals surface area contributed by atoms with Crippen molar-refractivity contribution in [2.24, 2.45) is 0 Å². The first-order valence-corrected chi connectivity index (χ1v) is 9.90. The monoisotopic (exact) mass is 412 g/mol. The highest BCUT2D eigenvalue weighted by atomic mass is 16.5. The standard InChI is InChI=1S/C21H28N6O3/c1-14(2)22-7-5-6-20(28)27-11-16(12-27)26(3)18-8-15(10-23-21(18)29)17-9-19(30-4)25-13-24-17/h5-6,8-10,13-14,16,22H,7,11-12H2,1-4H3,(H,23,29). The van der Waals surface area contributed by atoms with Crippen molar-refractivity contribution in [1.82, 2.24) is 25.2 Å². The van der Waals surface area contributed by atoms with Gasteiger partial charge in [-0.05, 0) is 6.07 Å². The van der Waals surface area contributed by atoms with Gasteiger partial charge in [0.25, 0.3) is 5.56 Å². The third-order valence-electron chi connectivity index (χ3n) is 5.04. The highest BCUT2D eigenvalue weighted by Crippen LogP contribution is 2.24. The van der Waals surface area contributed by atoms with E-state index in [-0.39, 0.29) is 17.5 Å². The van der Waals surface area contributed by atoms with Crippen molar-refractivity contribution < 1.29 is 9.53 Å². The van der Waals surface area contributed by atoms with Gasteiger partial charge in [-0.25, -0.2) is 9.97 Å². The largest absolute Gasteiger partial charge is 0.481 e. The van der Waals surface area contributed by atoms with E-state index in [0.29, 0.717) is 42.9 Å². The Morgan fingerprint density at radius 2 is 2.17 bits per heavy atom. The summed E-state index contributed by atoms with van der Waals surface area (Å²) in [5.41, 5.74) is 1.74. The van der Waals surface area contributed by atoms with Crippen LogP contribution >= 0.6 is 0 Å². The van der Waals surface area contributed by atoms with Crippen LogP contribution in [-0.2, 0) is 4.79 Å². The van der Waals surface area contributed by atoms with Gasteiger partial charge in [0.15, 0.2) is 0 Å². The molecule has 0 aromatic carbocycles. The molecule has 0 bridgehead atoms. The molecule has 1 fully saturated rings. The smallest absolute Gasteiger partial charge is 0.271 e. The molecule has 1 aliphatic heterocycles. The number of carbonyl (C=O) groups is 1. The maximum Gasteiger partial charge on any atom is 0.271 e. The van der Waals surface area contributed by atoms with Crippen molar-refractivity contribution in [3.63, 3.8) is 0 Å². The van der Waals surface area contributed by atoms with Crippen molar-refractivity contribution in [1.29, 1.82) is 0 Å². The third kappa shape index (κ3) is 5.04. The Balaban J connectivity index is 1.64. The van der Waals surface area contributed by atoms with Gasteiger partial charge < -0.3 is 24.8 Å². The van der Waals surface area contributed by atoms with Gasteiger partial charge in [0.2, 0.25) is 11.8 Å². The number of amides is 1. The summed E-state index contributed by atoms with van der Waals surface area (Å²) < 4.78 is 5.14. The second kappa shape index (κ2) is 9.53. The number of likely N-dealkylation sites (N-methyl/N-ethyl adjacent to an activating group) is 1. The molecule has 1 aliphatic rings. The molecule has 9 heteroatoms. The Bertz CT molecular complexity index is 965. The molecule has 2 aromatic heterocycles. The molecule has 3 rings (SSSR count). The molecular weight excluding hydrogens is 384 g/mol. The Morgan fingerprint density at radius 3 is 2.87 bits per heavy atom. The van der Waals surface area contributed by atoms with E-state index in [2.05, 4.69) is 34.1 Å². The summed E-state index contributed by atoms with van der Waals surface area (Å²) >= 11 is 0. The number of hydrogen-bond acceptors (Lipinski definition) is 7. The number of hydrogen-bond donors (Lipinski definition) is 2. The molecule has 30 heavy (non-hydrogen) atoms. The van der Waals surface area contributed by atoms with Crippen molar-refractivity contribution in [3.8, 4) is 17.1 Å². The van der Waals surface area contributed by atoms with Crippen LogP contribution in [0.4, 0.5) is 5.69 Å². The lowest BCUT2D eigenvalue weighted by Crippen LogP contribution is -2.60. The first-order valence-electron chi connectivity index (χ1n) is 9.90. The van der Waals surface area contributed by atoms with Crippen LogP contribution in [0.25, 0.3) is 11.3 Å². The number of H-pyrrole nitrogens is 1. The van der Waals surface area contributed by atoms with E-state index in [1.807, 2.05) is 18.0 Å². The number of carbonyl (C=O) groups excluding carboxylic acids is 1. The van der Waals surface area contributed by atoms with Crippen LogP contribution < -0.4 is 20.5 Å². The van der Waals surface area contributed by atoms with E-state index in [0.717, 1.165) is 5.56 Å². The molecule has 1 amide bonds. The van der Waals surface area contributed by atoms with Crippen LogP contribution in [0.3, 0.4) is 0 Å². The van der Waals surface area contributed by atoms with Gasteiger partial charge in [0.05, 0.1) is 18.8 Å². The predicted octanol–water partition coefficient (Wildman–Crippen LogP) is 1.04. The highest BCUT2D eigenvalue weighted by molar-refractivity contribution is 5.88. The average molecular weight is 412 g/mol. The quantitative estimate of drug-likeness (QED) is 0.625. The van der Waals surface area contributed by atoms with Gasteiger partial charge in [0.1, 0.15) is 12.0 Å². The minimum Gasteiger partial charge on any atom is -0.481 e. The van der Waals surface area contributed by atoms with E-state index in [4.69, 9.17) is 4.74 Å². The first-order chi connectivity index (χ1) is 14.4. The number of nitrogens with one attached hydrogen (secondary N) is 2. The summed E-state index contributed by atoms with van der Waals surface area (Å²) in [6.07, 6.45) is 6.47. The first kappa shape index (κ1) is 21.5. The van der Waals surface area contributed by atoms with E-state index >= 15 is 0 Å².